The minimum atomic E-state index is -0.363. The van der Waals surface area contributed by atoms with Crippen LogP contribution >= 0.6 is 0 Å². The lowest BCUT2D eigenvalue weighted by atomic mass is 9.79. The van der Waals surface area contributed by atoms with E-state index >= 15 is 0 Å². The summed E-state index contributed by atoms with van der Waals surface area (Å²) in [7, 11) is 4.02. The average molecular weight is 273 g/mol. The van der Waals surface area contributed by atoms with Gasteiger partial charge in [0.25, 0.3) is 0 Å². The van der Waals surface area contributed by atoms with Crippen LogP contribution in [0.4, 0.5) is 0 Å². The van der Waals surface area contributed by atoms with Crippen molar-refractivity contribution in [1.82, 2.24) is 4.90 Å². The lowest BCUT2D eigenvalue weighted by molar-refractivity contribution is 0.0656. The third-order valence-electron chi connectivity index (χ3n) is 5.20. The van der Waals surface area contributed by atoms with Crippen LogP contribution in [0.2, 0.25) is 0 Å². The van der Waals surface area contributed by atoms with Gasteiger partial charge in [-0.1, -0.05) is 44.5 Å². The van der Waals surface area contributed by atoms with Crippen molar-refractivity contribution in [3.63, 3.8) is 0 Å². The molecule has 1 fully saturated rings. The smallest absolute Gasteiger partial charge is 0.183 e. The van der Waals surface area contributed by atoms with Gasteiger partial charge in [-0.2, -0.15) is 0 Å². The van der Waals surface area contributed by atoms with Gasteiger partial charge >= 0.3 is 0 Å². The van der Waals surface area contributed by atoms with E-state index in [1.807, 2.05) is 26.2 Å². The van der Waals surface area contributed by atoms with Crippen molar-refractivity contribution in [1.29, 1.82) is 0 Å². The first kappa shape index (κ1) is 15.2. The highest BCUT2D eigenvalue weighted by molar-refractivity contribution is 6.03. The maximum absolute atomic E-state index is 12.9. The topological polar surface area (TPSA) is 20.3 Å². The summed E-state index contributed by atoms with van der Waals surface area (Å²) in [6.45, 7) is 4.20. The standard InChI is InChI=1S/C18H27NO/c1-5-18(6-2,19(3)4)17(20)16-12-10-15(11-13-16)14-8-7-9-14/h10-14H,5-9H2,1-4H3. The molecule has 0 aromatic heterocycles. The third kappa shape index (κ3) is 2.54. The summed E-state index contributed by atoms with van der Waals surface area (Å²) >= 11 is 0. The molecule has 1 aliphatic carbocycles. The van der Waals surface area contributed by atoms with Crippen molar-refractivity contribution in [3.8, 4) is 0 Å². The van der Waals surface area contributed by atoms with Crippen molar-refractivity contribution in [3.05, 3.63) is 35.4 Å². The molecule has 1 aliphatic rings. The minimum Gasteiger partial charge on any atom is -0.297 e. The van der Waals surface area contributed by atoms with Gasteiger partial charge in [-0.15, -0.1) is 0 Å². The summed E-state index contributed by atoms with van der Waals surface area (Å²) in [5, 5.41) is 0. The molecular weight excluding hydrogens is 246 g/mol. The molecule has 20 heavy (non-hydrogen) atoms. The van der Waals surface area contributed by atoms with Gasteiger partial charge in [0.05, 0.1) is 5.54 Å². The maximum Gasteiger partial charge on any atom is 0.183 e. The SMILES string of the molecule is CCC(CC)(C(=O)c1ccc(C2CCC2)cc1)N(C)C. The first-order valence-electron chi connectivity index (χ1n) is 7.87. The number of hydrogen-bond donors (Lipinski definition) is 0. The number of benzene rings is 1. The molecule has 0 atom stereocenters. The molecule has 2 rings (SSSR count). The Morgan fingerprint density at radius 3 is 2.05 bits per heavy atom. The number of hydrogen-bond acceptors (Lipinski definition) is 2. The van der Waals surface area contributed by atoms with Crippen LogP contribution in [0.1, 0.15) is 67.8 Å². The van der Waals surface area contributed by atoms with Gasteiger partial charge in [-0.05, 0) is 51.3 Å². The summed E-state index contributed by atoms with van der Waals surface area (Å²) in [4.78, 5) is 15.0. The van der Waals surface area contributed by atoms with Gasteiger partial charge in [-0.3, -0.25) is 9.69 Å². The molecule has 1 aromatic rings. The highest BCUT2D eigenvalue weighted by atomic mass is 16.1. The third-order valence-corrected chi connectivity index (χ3v) is 5.20. The summed E-state index contributed by atoms with van der Waals surface area (Å²) in [5.74, 6) is 0.989. The molecule has 2 nitrogen and oxygen atoms in total. The fourth-order valence-corrected chi connectivity index (χ4v) is 3.32. The highest BCUT2D eigenvalue weighted by Gasteiger charge is 2.37. The van der Waals surface area contributed by atoms with Gasteiger partial charge in [-0.25, -0.2) is 0 Å². The van der Waals surface area contributed by atoms with Crippen LogP contribution in [0.5, 0.6) is 0 Å². The Morgan fingerprint density at radius 2 is 1.70 bits per heavy atom. The second-order valence-electron chi connectivity index (χ2n) is 6.21. The first-order chi connectivity index (χ1) is 9.55. The number of Topliss-reactive ketones (excluding diaryl/α,β-unsaturated/α-hetero) is 1. The van der Waals surface area contributed by atoms with Crippen LogP contribution in [0.3, 0.4) is 0 Å². The zero-order valence-electron chi connectivity index (χ0n) is 13.3. The van der Waals surface area contributed by atoms with Gasteiger partial charge < -0.3 is 0 Å². The zero-order valence-corrected chi connectivity index (χ0v) is 13.3. The van der Waals surface area contributed by atoms with Gasteiger partial charge in [0.1, 0.15) is 0 Å². The molecule has 2 heteroatoms. The highest BCUT2D eigenvalue weighted by Crippen LogP contribution is 2.36. The number of ketones is 1. The van der Waals surface area contributed by atoms with E-state index in [0.717, 1.165) is 24.3 Å². The minimum absolute atomic E-state index is 0.257. The Balaban J connectivity index is 2.23. The van der Waals surface area contributed by atoms with Crippen molar-refractivity contribution in [2.75, 3.05) is 14.1 Å². The number of likely N-dealkylation sites (N-methyl/N-ethyl adjacent to an activating group) is 1. The molecule has 0 radical (unpaired) electrons. The molecule has 0 heterocycles. The van der Waals surface area contributed by atoms with Crippen LogP contribution in [-0.2, 0) is 0 Å². The number of nitrogens with zero attached hydrogens (tertiary/aromatic N) is 1. The average Bonchev–Trinajstić information content (AvgIpc) is 2.39. The quantitative estimate of drug-likeness (QED) is 0.722. The van der Waals surface area contributed by atoms with E-state index in [4.69, 9.17) is 0 Å². The Bertz CT molecular complexity index is 453. The Morgan fingerprint density at radius 1 is 1.15 bits per heavy atom. The second kappa shape index (κ2) is 6.09. The van der Waals surface area contributed by atoms with Crippen molar-refractivity contribution < 1.29 is 4.79 Å². The van der Waals surface area contributed by atoms with E-state index < -0.39 is 0 Å². The molecule has 0 spiro atoms. The summed E-state index contributed by atoms with van der Waals surface area (Å²) < 4.78 is 0. The fourth-order valence-electron chi connectivity index (χ4n) is 3.32. The van der Waals surface area contributed by atoms with Crippen molar-refractivity contribution in [2.24, 2.45) is 0 Å². The second-order valence-corrected chi connectivity index (χ2v) is 6.21. The van der Waals surface area contributed by atoms with E-state index in [1.165, 1.54) is 24.8 Å². The van der Waals surface area contributed by atoms with E-state index in [2.05, 4.69) is 30.9 Å². The first-order valence-corrected chi connectivity index (χ1v) is 7.87. The number of rotatable bonds is 6. The largest absolute Gasteiger partial charge is 0.297 e. The number of carbonyl (C=O) groups excluding carboxylic acids is 1. The predicted molar refractivity (Wildman–Crippen MR) is 84.4 cm³/mol. The maximum atomic E-state index is 12.9. The van der Waals surface area contributed by atoms with Gasteiger partial charge in [0.15, 0.2) is 5.78 Å². The Labute approximate surface area is 123 Å². The monoisotopic (exact) mass is 273 g/mol. The van der Waals surface area contributed by atoms with Gasteiger partial charge in [0.2, 0.25) is 0 Å². The molecule has 110 valence electrons. The van der Waals surface area contributed by atoms with Crippen LogP contribution in [0.25, 0.3) is 0 Å². The molecule has 1 aromatic carbocycles. The Kier molecular flexibility index (Phi) is 4.64. The van der Waals surface area contributed by atoms with E-state index in [0.29, 0.717) is 0 Å². The summed E-state index contributed by atoms with van der Waals surface area (Å²) in [5.41, 5.74) is 1.89. The molecule has 0 saturated heterocycles. The van der Waals surface area contributed by atoms with E-state index in [1.54, 1.807) is 0 Å². The zero-order chi connectivity index (χ0) is 14.8. The molecule has 0 bridgehead atoms. The lowest BCUT2D eigenvalue weighted by Crippen LogP contribution is -2.50. The molecule has 0 aliphatic heterocycles. The van der Waals surface area contributed by atoms with Crippen LogP contribution in [0.15, 0.2) is 24.3 Å². The fraction of sp³-hybridized carbons (Fsp3) is 0.611. The van der Waals surface area contributed by atoms with Crippen LogP contribution in [0, 0.1) is 0 Å². The molecule has 1 saturated carbocycles. The van der Waals surface area contributed by atoms with E-state index in [-0.39, 0.29) is 11.3 Å². The lowest BCUT2D eigenvalue weighted by Gasteiger charge is -2.37. The normalized spacial score (nSPS) is 16.2. The van der Waals surface area contributed by atoms with Gasteiger partial charge in [0, 0.05) is 5.56 Å². The van der Waals surface area contributed by atoms with Crippen LogP contribution in [-0.4, -0.2) is 30.3 Å². The predicted octanol–water partition coefficient (Wildman–Crippen LogP) is 4.26. The number of carbonyl (C=O) groups is 1. The molecule has 0 N–H and O–H groups in total. The van der Waals surface area contributed by atoms with Crippen molar-refractivity contribution >= 4 is 5.78 Å². The van der Waals surface area contributed by atoms with Crippen molar-refractivity contribution in [2.45, 2.75) is 57.4 Å². The van der Waals surface area contributed by atoms with E-state index in [9.17, 15) is 4.79 Å². The van der Waals surface area contributed by atoms with Crippen LogP contribution < -0.4 is 0 Å². The summed E-state index contributed by atoms with van der Waals surface area (Å²) in [6.07, 6.45) is 5.65. The Hall–Kier alpha value is -1.15. The summed E-state index contributed by atoms with van der Waals surface area (Å²) in [6, 6.07) is 8.37. The molecular formula is C18H27NO. The molecule has 0 amide bonds. The molecule has 0 unspecified atom stereocenters.